The Morgan fingerprint density at radius 2 is 1.94 bits per heavy atom. The molecule has 1 atom stereocenters. The molecule has 33 heavy (non-hydrogen) atoms. The predicted octanol–water partition coefficient (Wildman–Crippen LogP) is 5.23. The topological polar surface area (TPSA) is 60.9 Å². The highest BCUT2D eigenvalue weighted by Crippen LogP contribution is 2.38. The van der Waals surface area contributed by atoms with Crippen LogP contribution in [0.25, 0.3) is 10.9 Å². The van der Waals surface area contributed by atoms with Gasteiger partial charge in [0.1, 0.15) is 5.75 Å². The summed E-state index contributed by atoms with van der Waals surface area (Å²) in [7, 11) is 1.60. The third kappa shape index (κ3) is 5.90. The first-order valence-corrected chi connectivity index (χ1v) is 12.0. The standard InChI is InChI=1S/C27H36N2O4/c1-6-20(4)33-23-11-14-28-22-19-25(24(31-5)18-21(22)23)32-17-9-10-26(30)29-15-12-27(7-2,8-3)13-16-29/h1,11,14,18-20H,7-10,12-13,15-17H2,2-5H3. The SMILES string of the molecule is C#CC(C)Oc1ccnc2cc(OCCCC(=O)N3CCC(CC)(CC)CC3)c(OC)cc12. The van der Waals surface area contributed by atoms with Crippen LogP contribution in [0.3, 0.4) is 0 Å². The first-order valence-electron chi connectivity index (χ1n) is 12.0. The van der Waals surface area contributed by atoms with E-state index in [0.29, 0.717) is 42.1 Å². The van der Waals surface area contributed by atoms with Gasteiger partial charge in [0, 0.05) is 37.2 Å². The Morgan fingerprint density at radius 1 is 1.21 bits per heavy atom. The quantitative estimate of drug-likeness (QED) is 0.365. The lowest BCUT2D eigenvalue weighted by Gasteiger charge is -2.41. The largest absolute Gasteiger partial charge is 0.493 e. The summed E-state index contributed by atoms with van der Waals surface area (Å²) in [5.41, 5.74) is 1.15. The van der Waals surface area contributed by atoms with Crippen LogP contribution in [-0.2, 0) is 4.79 Å². The summed E-state index contributed by atoms with van der Waals surface area (Å²) in [4.78, 5) is 19.1. The van der Waals surface area contributed by atoms with E-state index < -0.39 is 0 Å². The van der Waals surface area contributed by atoms with Crippen LogP contribution in [0.1, 0.15) is 59.3 Å². The maximum Gasteiger partial charge on any atom is 0.222 e. The number of terminal acetylenes is 1. The minimum Gasteiger partial charge on any atom is -0.493 e. The fraction of sp³-hybridized carbons (Fsp3) is 0.556. The van der Waals surface area contributed by atoms with Crippen molar-refractivity contribution in [3.05, 3.63) is 24.4 Å². The molecule has 0 radical (unpaired) electrons. The van der Waals surface area contributed by atoms with Crippen molar-refractivity contribution in [2.24, 2.45) is 5.41 Å². The van der Waals surface area contributed by atoms with Gasteiger partial charge < -0.3 is 19.1 Å². The number of hydrogen-bond acceptors (Lipinski definition) is 5. The molecule has 1 unspecified atom stereocenters. The van der Waals surface area contributed by atoms with E-state index in [1.54, 1.807) is 19.4 Å². The van der Waals surface area contributed by atoms with E-state index in [4.69, 9.17) is 20.6 Å². The molecule has 1 amide bonds. The van der Waals surface area contributed by atoms with Crippen molar-refractivity contribution in [2.45, 2.75) is 65.4 Å². The molecule has 0 bridgehead atoms. The molecule has 0 N–H and O–H groups in total. The molecule has 0 saturated carbocycles. The van der Waals surface area contributed by atoms with E-state index in [0.717, 1.165) is 36.8 Å². The summed E-state index contributed by atoms with van der Waals surface area (Å²) in [6.45, 7) is 8.51. The number of hydrogen-bond donors (Lipinski definition) is 0. The lowest BCUT2D eigenvalue weighted by Crippen LogP contribution is -2.42. The number of carbonyl (C=O) groups is 1. The van der Waals surface area contributed by atoms with E-state index in [-0.39, 0.29) is 12.0 Å². The van der Waals surface area contributed by atoms with E-state index >= 15 is 0 Å². The highest BCUT2D eigenvalue weighted by Gasteiger charge is 2.32. The minimum absolute atomic E-state index is 0.218. The molecule has 6 heteroatoms. The van der Waals surface area contributed by atoms with E-state index in [2.05, 4.69) is 24.8 Å². The second-order valence-electron chi connectivity index (χ2n) is 8.80. The summed E-state index contributed by atoms with van der Waals surface area (Å²) in [5, 5.41) is 0.805. The third-order valence-electron chi connectivity index (χ3n) is 6.99. The Morgan fingerprint density at radius 3 is 2.58 bits per heavy atom. The number of benzene rings is 1. The molecular formula is C27H36N2O4. The second-order valence-corrected chi connectivity index (χ2v) is 8.80. The van der Waals surface area contributed by atoms with Crippen LogP contribution in [-0.4, -0.2) is 48.7 Å². The fourth-order valence-corrected chi connectivity index (χ4v) is 4.48. The zero-order valence-electron chi connectivity index (χ0n) is 20.4. The van der Waals surface area contributed by atoms with Crippen molar-refractivity contribution in [2.75, 3.05) is 26.8 Å². The van der Waals surface area contributed by atoms with Crippen LogP contribution in [0.2, 0.25) is 0 Å². The summed E-state index contributed by atoms with van der Waals surface area (Å²) in [5.74, 6) is 4.62. The molecule has 1 aromatic heterocycles. The molecule has 0 aliphatic carbocycles. The lowest BCUT2D eigenvalue weighted by molar-refractivity contribution is -0.133. The van der Waals surface area contributed by atoms with Crippen molar-refractivity contribution in [1.29, 1.82) is 0 Å². The van der Waals surface area contributed by atoms with Crippen molar-refractivity contribution in [3.8, 4) is 29.6 Å². The van der Waals surface area contributed by atoms with Gasteiger partial charge in [-0.1, -0.05) is 32.6 Å². The average molecular weight is 453 g/mol. The normalized spacial score (nSPS) is 16.2. The number of pyridine rings is 1. The van der Waals surface area contributed by atoms with Gasteiger partial charge >= 0.3 is 0 Å². The van der Waals surface area contributed by atoms with E-state index in [1.807, 2.05) is 24.0 Å². The minimum atomic E-state index is -0.352. The third-order valence-corrected chi connectivity index (χ3v) is 6.99. The predicted molar refractivity (Wildman–Crippen MR) is 131 cm³/mol. The number of methoxy groups -OCH3 is 1. The van der Waals surface area contributed by atoms with Crippen LogP contribution in [0.4, 0.5) is 0 Å². The molecule has 1 saturated heterocycles. The summed E-state index contributed by atoms with van der Waals surface area (Å²) < 4.78 is 17.3. The van der Waals surface area contributed by atoms with Crippen molar-refractivity contribution in [1.82, 2.24) is 9.88 Å². The Labute approximate surface area is 197 Å². The molecule has 1 aliphatic heterocycles. The van der Waals surface area contributed by atoms with Gasteiger partial charge in [0.05, 0.1) is 19.2 Å². The van der Waals surface area contributed by atoms with Crippen LogP contribution in [0.15, 0.2) is 24.4 Å². The molecule has 3 rings (SSSR count). The molecule has 1 aliphatic rings. The number of rotatable bonds is 10. The molecule has 1 fully saturated rings. The number of likely N-dealkylation sites (tertiary alicyclic amines) is 1. The number of amides is 1. The zero-order valence-corrected chi connectivity index (χ0v) is 20.4. The van der Waals surface area contributed by atoms with Gasteiger partial charge in [0.2, 0.25) is 5.91 Å². The Bertz CT molecular complexity index is 984. The summed E-state index contributed by atoms with van der Waals surface area (Å²) in [6.07, 6.45) is 12.5. The number of fused-ring (bicyclic) bond motifs is 1. The molecule has 178 valence electrons. The maximum atomic E-state index is 12.7. The molecular weight excluding hydrogens is 416 g/mol. The fourth-order valence-electron chi connectivity index (χ4n) is 4.48. The van der Waals surface area contributed by atoms with Crippen LogP contribution in [0.5, 0.6) is 17.2 Å². The molecule has 1 aromatic carbocycles. The first kappa shape index (κ1) is 24.7. The van der Waals surface area contributed by atoms with Gasteiger partial charge in [-0.25, -0.2) is 0 Å². The summed E-state index contributed by atoms with van der Waals surface area (Å²) >= 11 is 0. The van der Waals surface area contributed by atoms with Crippen molar-refractivity contribution in [3.63, 3.8) is 0 Å². The number of carbonyl (C=O) groups excluding carboxylic acids is 1. The van der Waals surface area contributed by atoms with E-state index in [9.17, 15) is 4.79 Å². The number of ether oxygens (including phenoxy) is 3. The molecule has 2 heterocycles. The van der Waals surface area contributed by atoms with Gasteiger partial charge in [-0.15, -0.1) is 6.42 Å². The van der Waals surface area contributed by atoms with Crippen LogP contribution < -0.4 is 14.2 Å². The second kappa shape index (κ2) is 11.3. The van der Waals surface area contributed by atoms with Gasteiger partial charge in [-0.05, 0) is 43.7 Å². The number of nitrogens with zero attached hydrogens (tertiary/aromatic N) is 2. The smallest absolute Gasteiger partial charge is 0.222 e. The Kier molecular flexibility index (Phi) is 8.43. The maximum absolute atomic E-state index is 12.7. The molecule has 0 spiro atoms. The lowest BCUT2D eigenvalue weighted by atomic mass is 9.74. The number of piperidine rings is 1. The van der Waals surface area contributed by atoms with Crippen LogP contribution in [0, 0.1) is 17.8 Å². The highest BCUT2D eigenvalue weighted by molar-refractivity contribution is 5.88. The molecule has 2 aromatic rings. The van der Waals surface area contributed by atoms with Gasteiger partial charge in [-0.3, -0.25) is 9.78 Å². The van der Waals surface area contributed by atoms with Crippen LogP contribution >= 0.6 is 0 Å². The van der Waals surface area contributed by atoms with Crippen molar-refractivity contribution < 1.29 is 19.0 Å². The zero-order chi connectivity index (χ0) is 23.8. The van der Waals surface area contributed by atoms with E-state index in [1.165, 1.54) is 12.8 Å². The first-order chi connectivity index (χ1) is 15.9. The monoisotopic (exact) mass is 452 g/mol. The van der Waals surface area contributed by atoms with Gasteiger partial charge in [0.25, 0.3) is 0 Å². The number of aromatic nitrogens is 1. The molecule has 6 nitrogen and oxygen atoms in total. The average Bonchev–Trinajstić information content (AvgIpc) is 2.86. The summed E-state index contributed by atoms with van der Waals surface area (Å²) in [6, 6.07) is 5.47. The van der Waals surface area contributed by atoms with Gasteiger partial charge in [0.15, 0.2) is 17.6 Å². The Hall–Kier alpha value is -2.94. The Balaban J connectivity index is 1.57. The van der Waals surface area contributed by atoms with Gasteiger partial charge in [-0.2, -0.15) is 0 Å². The highest BCUT2D eigenvalue weighted by atomic mass is 16.5. The van der Waals surface area contributed by atoms with Crippen molar-refractivity contribution >= 4 is 16.8 Å².